The molecule has 5 nitrogen and oxygen atoms in total. The van der Waals surface area contributed by atoms with E-state index in [1.54, 1.807) is 20.8 Å². The number of aliphatic carboxylic acids is 1. The van der Waals surface area contributed by atoms with Crippen molar-refractivity contribution in [3.8, 4) is 0 Å². The number of hydrogen-bond acceptors (Lipinski definition) is 4. The molecule has 0 aromatic rings. The minimum Gasteiger partial charge on any atom is -0.481 e. The maximum Gasteiger partial charge on any atom is 0.319 e. The lowest BCUT2D eigenvalue weighted by Crippen LogP contribution is -2.54. The molecule has 0 aliphatic heterocycles. The van der Waals surface area contributed by atoms with E-state index in [1.165, 1.54) is 0 Å². The number of allylic oxidation sites excluding steroid dienone is 2. The molecule has 1 saturated carbocycles. The second-order valence-corrected chi connectivity index (χ2v) is 6.88. The monoisotopic (exact) mass is 282 g/mol. The Morgan fingerprint density at radius 1 is 1.25 bits per heavy atom. The van der Waals surface area contributed by atoms with Crippen LogP contribution in [-0.4, -0.2) is 27.9 Å². The van der Waals surface area contributed by atoms with Crippen LogP contribution in [0.5, 0.6) is 0 Å². The number of carboxylic acid groups (broad SMARTS) is 1. The zero-order valence-corrected chi connectivity index (χ0v) is 12.1. The fourth-order valence-electron chi connectivity index (χ4n) is 3.35. The summed E-state index contributed by atoms with van der Waals surface area (Å²) in [5, 5.41) is 19.6. The highest BCUT2D eigenvalue weighted by Crippen LogP contribution is 2.53. The van der Waals surface area contributed by atoms with Gasteiger partial charge < -0.3 is 14.9 Å². The predicted molar refractivity (Wildman–Crippen MR) is 71.6 cm³/mol. The van der Waals surface area contributed by atoms with Crippen LogP contribution < -0.4 is 0 Å². The first-order valence-electron chi connectivity index (χ1n) is 6.98. The smallest absolute Gasteiger partial charge is 0.319 e. The van der Waals surface area contributed by atoms with Gasteiger partial charge in [-0.25, -0.2) is 0 Å². The van der Waals surface area contributed by atoms with Crippen molar-refractivity contribution in [2.45, 2.75) is 45.8 Å². The van der Waals surface area contributed by atoms with Gasteiger partial charge >= 0.3 is 11.9 Å². The maximum absolute atomic E-state index is 11.7. The first-order valence-corrected chi connectivity index (χ1v) is 6.98. The summed E-state index contributed by atoms with van der Waals surface area (Å²) in [5.74, 6) is -3.32. The second kappa shape index (κ2) is 4.88. The Morgan fingerprint density at radius 2 is 1.90 bits per heavy atom. The highest BCUT2D eigenvalue weighted by Gasteiger charge is 2.56. The van der Waals surface area contributed by atoms with Gasteiger partial charge in [-0.3, -0.25) is 9.59 Å². The average Bonchev–Trinajstić information content (AvgIpc) is 2.87. The Kier molecular flexibility index (Phi) is 3.67. The molecule has 2 bridgehead atoms. The molecule has 5 heteroatoms. The van der Waals surface area contributed by atoms with Crippen LogP contribution in [-0.2, 0) is 14.3 Å². The third kappa shape index (κ3) is 2.59. The molecule has 0 saturated heterocycles. The van der Waals surface area contributed by atoms with E-state index < -0.39 is 29.6 Å². The molecule has 0 aromatic carbocycles. The SMILES string of the molecule is CC(C)(C)C(O)(OC(=O)CC(=O)O)C1CC2C=CC1C2. The van der Waals surface area contributed by atoms with Crippen molar-refractivity contribution >= 4 is 11.9 Å². The molecule has 0 aromatic heterocycles. The zero-order valence-electron chi connectivity index (χ0n) is 12.1. The minimum atomic E-state index is -1.64. The lowest BCUT2D eigenvalue weighted by Gasteiger charge is -2.45. The van der Waals surface area contributed by atoms with Crippen molar-refractivity contribution in [2.24, 2.45) is 23.2 Å². The molecule has 0 heterocycles. The summed E-state index contributed by atoms with van der Waals surface area (Å²) in [6.07, 6.45) is 5.23. The highest BCUT2D eigenvalue weighted by atomic mass is 16.7. The van der Waals surface area contributed by atoms with Crippen LogP contribution in [0.15, 0.2) is 12.2 Å². The van der Waals surface area contributed by atoms with Crippen molar-refractivity contribution in [1.29, 1.82) is 0 Å². The molecule has 4 unspecified atom stereocenters. The Balaban J connectivity index is 2.20. The van der Waals surface area contributed by atoms with Gasteiger partial charge in [0.2, 0.25) is 5.79 Å². The van der Waals surface area contributed by atoms with Gasteiger partial charge in [0.15, 0.2) is 0 Å². The highest BCUT2D eigenvalue weighted by molar-refractivity contribution is 5.90. The van der Waals surface area contributed by atoms with Crippen molar-refractivity contribution in [3.05, 3.63) is 12.2 Å². The first-order chi connectivity index (χ1) is 9.13. The number of hydrogen-bond donors (Lipinski definition) is 2. The molecule has 2 N–H and O–H groups in total. The Hall–Kier alpha value is -1.36. The van der Waals surface area contributed by atoms with Crippen LogP contribution in [0.1, 0.15) is 40.0 Å². The summed E-state index contributed by atoms with van der Waals surface area (Å²) in [6, 6.07) is 0. The largest absolute Gasteiger partial charge is 0.481 e. The van der Waals surface area contributed by atoms with E-state index >= 15 is 0 Å². The predicted octanol–water partition coefficient (Wildman–Crippen LogP) is 1.95. The number of esters is 1. The Morgan fingerprint density at radius 3 is 2.30 bits per heavy atom. The van der Waals surface area contributed by atoms with E-state index in [2.05, 4.69) is 12.2 Å². The van der Waals surface area contributed by atoms with E-state index in [1.807, 2.05) is 0 Å². The molecule has 2 aliphatic carbocycles. The minimum absolute atomic E-state index is 0.171. The standard InChI is InChI=1S/C15H22O5/c1-14(2,3)15(19,20-13(18)8-12(16)17)11-7-9-4-5-10(11)6-9/h4-5,9-11,19H,6-8H2,1-3H3,(H,16,17). The Bertz CT molecular complexity index is 448. The Labute approximate surface area is 118 Å². The van der Waals surface area contributed by atoms with Crippen molar-refractivity contribution < 1.29 is 24.5 Å². The molecular formula is C15H22O5. The summed E-state index contributed by atoms with van der Waals surface area (Å²) < 4.78 is 5.25. The number of carboxylic acids is 1. The number of carbonyl (C=O) groups is 2. The number of carbonyl (C=O) groups excluding carboxylic acids is 1. The quantitative estimate of drug-likeness (QED) is 0.356. The van der Waals surface area contributed by atoms with Gasteiger partial charge in [-0.05, 0) is 24.7 Å². The fraction of sp³-hybridized carbons (Fsp3) is 0.733. The number of rotatable bonds is 4. The van der Waals surface area contributed by atoms with E-state index in [0.29, 0.717) is 5.92 Å². The lowest BCUT2D eigenvalue weighted by molar-refractivity contribution is -0.280. The van der Waals surface area contributed by atoms with E-state index in [0.717, 1.165) is 12.8 Å². The van der Waals surface area contributed by atoms with Gasteiger partial charge in [-0.15, -0.1) is 0 Å². The van der Waals surface area contributed by atoms with Crippen molar-refractivity contribution in [1.82, 2.24) is 0 Å². The molecule has 4 atom stereocenters. The second-order valence-electron chi connectivity index (χ2n) is 6.88. The molecule has 0 spiro atoms. The van der Waals surface area contributed by atoms with Gasteiger partial charge in [0, 0.05) is 11.3 Å². The summed E-state index contributed by atoms with van der Waals surface area (Å²) >= 11 is 0. The van der Waals surface area contributed by atoms with E-state index in [-0.39, 0.29) is 11.8 Å². The topological polar surface area (TPSA) is 83.8 Å². The summed E-state index contributed by atoms with van der Waals surface area (Å²) in [6.45, 7) is 5.41. The van der Waals surface area contributed by atoms with E-state index in [4.69, 9.17) is 9.84 Å². The van der Waals surface area contributed by atoms with Gasteiger partial charge in [-0.2, -0.15) is 0 Å². The van der Waals surface area contributed by atoms with Gasteiger partial charge in [-0.1, -0.05) is 32.9 Å². The van der Waals surface area contributed by atoms with Crippen LogP contribution in [0.25, 0.3) is 0 Å². The maximum atomic E-state index is 11.7. The number of aliphatic hydroxyl groups is 1. The lowest BCUT2D eigenvalue weighted by atomic mass is 9.72. The molecule has 0 amide bonds. The number of ether oxygens (including phenoxy) is 1. The van der Waals surface area contributed by atoms with E-state index in [9.17, 15) is 14.7 Å². The summed E-state index contributed by atoms with van der Waals surface area (Å²) in [5.41, 5.74) is -0.676. The average molecular weight is 282 g/mol. The number of fused-ring (bicyclic) bond motifs is 2. The summed E-state index contributed by atoms with van der Waals surface area (Å²) in [7, 11) is 0. The van der Waals surface area contributed by atoms with Crippen molar-refractivity contribution in [2.75, 3.05) is 0 Å². The molecular weight excluding hydrogens is 260 g/mol. The van der Waals surface area contributed by atoms with Crippen molar-refractivity contribution in [3.63, 3.8) is 0 Å². The van der Waals surface area contributed by atoms with Crippen LogP contribution in [0.4, 0.5) is 0 Å². The molecule has 20 heavy (non-hydrogen) atoms. The molecule has 2 rings (SSSR count). The third-order valence-corrected chi connectivity index (χ3v) is 4.42. The fourth-order valence-corrected chi connectivity index (χ4v) is 3.35. The molecule has 0 radical (unpaired) electrons. The molecule has 1 fully saturated rings. The van der Waals surface area contributed by atoms with Gasteiger partial charge in [0.1, 0.15) is 6.42 Å². The zero-order chi connectivity index (χ0) is 15.1. The molecule has 2 aliphatic rings. The summed E-state index contributed by atoms with van der Waals surface area (Å²) in [4.78, 5) is 22.3. The van der Waals surface area contributed by atoms with Crippen LogP contribution in [0.2, 0.25) is 0 Å². The normalized spacial score (nSPS) is 31.1. The molecule has 112 valence electrons. The van der Waals surface area contributed by atoms with Gasteiger partial charge in [0.05, 0.1) is 0 Å². The third-order valence-electron chi connectivity index (χ3n) is 4.42. The van der Waals surface area contributed by atoms with Gasteiger partial charge in [0.25, 0.3) is 0 Å². The van der Waals surface area contributed by atoms with Crippen LogP contribution in [0.3, 0.4) is 0 Å². The van der Waals surface area contributed by atoms with Crippen LogP contribution in [0, 0.1) is 23.2 Å². The first kappa shape index (κ1) is 15.0. The van der Waals surface area contributed by atoms with Crippen LogP contribution >= 0.6 is 0 Å².